The van der Waals surface area contributed by atoms with Crippen LogP contribution in [0.25, 0.3) is 22.2 Å². The highest BCUT2D eigenvalue weighted by atomic mass is 32.2. The minimum atomic E-state index is -1.40. The number of carbonyl (C=O) groups is 1. The number of methoxy groups -OCH3 is 1. The van der Waals surface area contributed by atoms with Crippen molar-refractivity contribution in [2.75, 3.05) is 53.1 Å². The Labute approximate surface area is 235 Å². The van der Waals surface area contributed by atoms with E-state index in [2.05, 4.69) is 51.4 Å². The molecular weight excluding hydrogens is 508 g/mol. The van der Waals surface area contributed by atoms with Gasteiger partial charge in [0.1, 0.15) is 16.7 Å². The van der Waals surface area contributed by atoms with Crippen LogP contribution in [0, 0.1) is 0 Å². The van der Waals surface area contributed by atoms with E-state index in [4.69, 9.17) is 4.74 Å². The molecule has 3 aromatic rings. The lowest BCUT2D eigenvalue weighted by Gasteiger charge is -2.25. The molecule has 5 rings (SSSR count). The zero-order chi connectivity index (χ0) is 27.4. The zero-order valence-corrected chi connectivity index (χ0v) is 24.4. The van der Waals surface area contributed by atoms with Crippen LogP contribution in [0.2, 0.25) is 0 Å². The van der Waals surface area contributed by atoms with Gasteiger partial charge in [-0.2, -0.15) is 0 Å². The summed E-state index contributed by atoms with van der Waals surface area (Å²) in [5, 5.41) is 1.23. The first kappa shape index (κ1) is 27.9. The number of amides is 1. The first-order chi connectivity index (χ1) is 18.9. The fraction of sp³-hybridized carbons (Fsp3) is 0.516. The molecule has 1 fully saturated rings. The number of aromatic nitrogens is 1. The van der Waals surface area contributed by atoms with E-state index in [0.29, 0.717) is 17.2 Å². The molecule has 2 heterocycles. The molecule has 0 spiro atoms. The number of nitrogens with zero attached hydrogens (tertiary/aromatic N) is 3. The van der Waals surface area contributed by atoms with Crippen molar-refractivity contribution in [3.8, 4) is 17.0 Å². The molecule has 8 heteroatoms. The van der Waals surface area contributed by atoms with Crippen LogP contribution in [-0.2, 0) is 17.5 Å². The summed E-state index contributed by atoms with van der Waals surface area (Å²) in [4.78, 5) is 17.8. The van der Waals surface area contributed by atoms with Gasteiger partial charge in [-0.15, -0.1) is 0 Å². The third kappa shape index (κ3) is 6.39. The average molecular weight is 551 g/mol. The Hall–Kier alpha value is -2.68. The first-order valence-corrected chi connectivity index (χ1v) is 15.6. The normalized spacial score (nSPS) is 21.3. The third-order valence-electron chi connectivity index (χ3n) is 8.39. The van der Waals surface area contributed by atoms with Crippen LogP contribution in [0.3, 0.4) is 0 Å². The van der Waals surface area contributed by atoms with Gasteiger partial charge in [-0.05, 0) is 93.3 Å². The monoisotopic (exact) mass is 550 g/mol. The molecule has 1 aromatic heterocycles. The van der Waals surface area contributed by atoms with Gasteiger partial charge in [0.05, 0.1) is 12.8 Å². The van der Waals surface area contributed by atoms with Gasteiger partial charge in [-0.25, -0.2) is 4.21 Å². The number of likely N-dealkylation sites (N-methyl/N-ethyl adjacent to an activating group) is 2. The van der Waals surface area contributed by atoms with Crippen molar-refractivity contribution in [3.63, 3.8) is 0 Å². The molecule has 39 heavy (non-hydrogen) atoms. The molecular formula is C31H42N4O3S. The first-order valence-electron chi connectivity index (χ1n) is 14.3. The number of carbonyl (C=O) groups excluding carboxylic acids is 1. The molecule has 1 aliphatic carbocycles. The number of hydrogen-bond acceptors (Lipinski definition) is 5. The Morgan fingerprint density at radius 3 is 2.23 bits per heavy atom. The minimum absolute atomic E-state index is 0.272. The Morgan fingerprint density at radius 1 is 0.846 bits per heavy atom. The number of fused-ring (bicyclic) bond motifs is 1. The summed E-state index contributed by atoms with van der Waals surface area (Å²) in [6, 6.07) is 14.5. The maximum atomic E-state index is 13.2. The van der Waals surface area contributed by atoms with Crippen LogP contribution in [0.5, 0.6) is 5.75 Å². The maximum absolute atomic E-state index is 13.2. The van der Waals surface area contributed by atoms with Gasteiger partial charge in [0.2, 0.25) is 0 Å². The third-order valence-corrected chi connectivity index (χ3v) is 9.46. The highest BCUT2D eigenvalue weighted by Crippen LogP contribution is 2.44. The molecule has 1 atom stereocenters. The number of rotatable bonds is 3. The van der Waals surface area contributed by atoms with Gasteiger partial charge in [0.15, 0.2) is 0 Å². The predicted molar refractivity (Wildman–Crippen MR) is 160 cm³/mol. The summed E-state index contributed by atoms with van der Waals surface area (Å²) in [6.07, 6.45) is 6.97. The van der Waals surface area contributed by atoms with Crippen molar-refractivity contribution in [3.05, 3.63) is 53.6 Å². The van der Waals surface area contributed by atoms with Crippen LogP contribution in [0.15, 0.2) is 42.5 Å². The Balaban J connectivity index is 1.66. The summed E-state index contributed by atoms with van der Waals surface area (Å²) in [6.45, 7) is 4.50. The zero-order valence-electron chi connectivity index (χ0n) is 23.6. The van der Waals surface area contributed by atoms with Crippen molar-refractivity contribution >= 4 is 27.8 Å². The number of hydrogen-bond donors (Lipinski definition) is 1. The van der Waals surface area contributed by atoms with E-state index < -0.39 is 11.0 Å². The van der Waals surface area contributed by atoms with Crippen LogP contribution >= 0.6 is 0 Å². The van der Waals surface area contributed by atoms with E-state index in [-0.39, 0.29) is 5.91 Å². The summed E-state index contributed by atoms with van der Waals surface area (Å²) in [5.74, 6) is 1.52. The number of ether oxygens (including phenoxy) is 1. The van der Waals surface area contributed by atoms with Crippen molar-refractivity contribution in [2.45, 2.75) is 51.0 Å². The van der Waals surface area contributed by atoms with Crippen LogP contribution in [0.1, 0.15) is 60.4 Å². The van der Waals surface area contributed by atoms with E-state index in [1.165, 1.54) is 54.3 Å². The summed E-state index contributed by atoms with van der Waals surface area (Å²) in [7, 11) is 4.60. The van der Waals surface area contributed by atoms with E-state index in [9.17, 15) is 9.00 Å². The van der Waals surface area contributed by atoms with Gasteiger partial charge in [0, 0.05) is 48.4 Å². The molecule has 7 nitrogen and oxygen atoms in total. The topological polar surface area (TPSA) is 66.8 Å². The lowest BCUT2D eigenvalue weighted by Crippen LogP contribution is -2.34. The molecule has 1 amide bonds. The molecule has 2 bridgehead atoms. The second-order valence-corrected chi connectivity index (χ2v) is 12.5. The van der Waals surface area contributed by atoms with Crippen LogP contribution < -0.4 is 9.46 Å². The fourth-order valence-corrected chi connectivity index (χ4v) is 6.95. The van der Waals surface area contributed by atoms with Gasteiger partial charge in [-0.3, -0.25) is 9.52 Å². The molecule has 1 N–H and O–H groups in total. The van der Waals surface area contributed by atoms with Crippen LogP contribution in [-0.4, -0.2) is 77.6 Å². The largest absolute Gasteiger partial charge is 0.497 e. The van der Waals surface area contributed by atoms with Crippen molar-refractivity contribution in [1.82, 2.24) is 19.1 Å². The van der Waals surface area contributed by atoms with Gasteiger partial charge < -0.3 is 19.1 Å². The van der Waals surface area contributed by atoms with E-state index in [0.717, 1.165) is 50.4 Å². The van der Waals surface area contributed by atoms with E-state index in [1.54, 1.807) is 7.11 Å². The number of benzene rings is 2. The molecule has 0 saturated heterocycles. The SMILES string of the molecule is COc1ccc(-c2c(C3CCCCC3)c3ccc4cc3n2CCN(C)CCN(C)CCCS(=O)NC4=O)cc1. The molecule has 0 radical (unpaired) electrons. The second kappa shape index (κ2) is 12.7. The molecule has 2 aromatic carbocycles. The number of nitrogens with one attached hydrogen (secondary N) is 1. The van der Waals surface area contributed by atoms with Gasteiger partial charge in [0.25, 0.3) is 5.91 Å². The summed E-state index contributed by atoms with van der Waals surface area (Å²) in [5.41, 5.74) is 5.48. The van der Waals surface area contributed by atoms with Crippen molar-refractivity contribution < 1.29 is 13.7 Å². The lowest BCUT2D eigenvalue weighted by molar-refractivity contribution is 0.0983. The predicted octanol–water partition coefficient (Wildman–Crippen LogP) is 5.03. The van der Waals surface area contributed by atoms with E-state index >= 15 is 0 Å². The Bertz CT molecular complexity index is 1310. The lowest BCUT2D eigenvalue weighted by atomic mass is 9.81. The standard InChI is InChI=1S/C31H42N4O3S/c1-33-16-7-21-39(37)32-31(36)25-12-15-27-28(22-25)35(20-19-34(2)18-17-33)30(24-10-13-26(38-3)14-11-24)29(27)23-8-5-4-6-9-23/h10-15,22-23H,4-9,16-21H2,1-3H3,(H,32,36). The summed E-state index contributed by atoms with van der Waals surface area (Å²) >= 11 is 0. The van der Waals surface area contributed by atoms with Gasteiger partial charge >= 0.3 is 0 Å². The molecule has 1 saturated carbocycles. The fourth-order valence-electron chi connectivity index (χ4n) is 6.13. The summed E-state index contributed by atoms with van der Waals surface area (Å²) < 4.78 is 23.3. The molecule has 1 unspecified atom stereocenters. The van der Waals surface area contributed by atoms with E-state index in [1.807, 2.05) is 24.3 Å². The maximum Gasteiger partial charge on any atom is 0.263 e. The molecule has 2 aliphatic rings. The average Bonchev–Trinajstić information content (AvgIpc) is 3.28. The molecule has 210 valence electrons. The highest BCUT2D eigenvalue weighted by molar-refractivity contribution is 7.83. The van der Waals surface area contributed by atoms with Crippen molar-refractivity contribution in [2.24, 2.45) is 0 Å². The Morgan fingerprint density at radius 2 is 1.51 bits per heavy atom. The van der Waals surface area contributed by atoms with Gasteiger partial charge in [-0.1, -0.05) is 25.3 Å². The molecule has 1 aliphatic heterocycles. The van der Waals surface area contributed by atoms with Crippen molar-refractivity contribution in [1.29, 1.82) is 0 Å². The van der Waals surface area contributed by atoms with Crippen LogP contribution in [0.4, 0.5) is 0 Å². The minimum Gasteiger partial charge on any atom is -0.497 e. The second-order valence-electron chi connectivity index (χ2n) is 11.2. The Kier molecular flexibility index (Phi) is 9.05. The highest BCUT2D eigenvalue weighted by Gasteiger charge is 2.27. The smallest absolute Gasteiger partial charge is 0.263 e. The quantitative estimate of drug-likeness (QED) is 0.496.